The molecule has 0 radical (unpaired) electrons. The van der Waals surface area contributed by atoms with Gasteiger partial charge in [0.15, 0.2) is 0 Å². The number of nitrogens with one attached hydrogen (secondary N) is 1. The fourth-order valence-electron chi connectivity index (χ4n) is 3.23. The molecule has 1 aliphatic rings. The quantitative estimate of drug-likeness (QED) is 0.769. The highest BCUT2D eigenvalue weighted by molar-refractivity contribution is 5.90. The van der Waals surface area contributed by atoms with Gasteiger partial charge in [0, 0.05) is 25.1 Å². The summed E-state index contributed by atoms with van der Waals surface area (Å²) < 4.78 is 2.08. The van der Waals surface area contributed by atoms with Crippen molar-refractivity contribution in [2.45, 2.75) is 25.9 Å². The van der Waals surface area contributed by atoms with Gasteiger partial charge in [0.05, 0.1) is 17.5 Å². The van der Waals surface area contributed by atoms with E-state index in [0.717, 1.165) is 16.6 Å². The van der Waals surface area contributed by atoms with Gasteiger partial charge in [-0.3, -0.25) is 4.79 Å². The Balaban J connectivity index is 1.55. The van der Waals surface area contributed by atoms with Gasteiger partial charge in [0.25, 0.3) is 0 Å². The second-order valence-electron chi connectivity index (χ2n) is 6.19. The largest absolute Gasteiger partial charge is 0.512 e. The lowest BCUT2D eigenvalue weighted by atomic mass is 10.0. The molecule has 2 N–H and O–H groups in total. The van der Waals surface area contributed by atoms with Crippen LogP contribution >= 0.6 is 0 Å². The van der Waals surface area contributed by atoms with E-state index < -0.39 is 0 Å². The molecule has 0 spiro atoms. The molecule has 1 amide bonds. The summed E-state index contributed by atoms with van der Waals surface area (Å²) in [6.45, 7) is 1.15. The van der Waals surface area contributed by atoms with Crippen molar-refractivity contribution in [1.29, 1.82) is 0 Å². The molecule has 2 heterocycles. The van der Waals surface area contributed by atoms with E-state index in [2.05, 4.69) is 14.9 Å². The van der Waals surface area contributed by atoms with Gasteiger partial charge in [0.2, 0.25) is 5.91 Å². The zero-order chi connectivity index (χ0) is 17.2. The average molecular weight is 333 g/mol. The first kappa shape index (κ1) is 15.4. The SMILES string of the molecule is O=C(CC1=C(O)CCn2c1nc1ccccc12)NCc1ccccc1. The molecule has 0 bridgehead atoms. The second kappa shape index (κ2) is 6.43. The van der Waals surface area contributed by atoms with Crippen LogP contribution in [0.3, 0.4) is 0 Å². The molecule has 0 aliphatic carbocycles. The summed E-state index contributed by atoms with van der Waals surface area (Å²) in [5.41, 5.74) is 3.58. The highest BCUT2D eigenvalue weighted by atomic mass is 16.3. The molecule has 25 heavy (non-hydrogen) atoms. The first-order valence-electron chi connectivity index (χ1n) is 8.39. The summed E-state index contributed by atoms with van der Waals surface area (Å²) in [6.07, 6.45) is 0.649. The second-order valence-corrected chi connectivity index (χ2v) is 6.19. The van der Waals surface area contributed by atoms with Crippen molar-refractivity contribution in [3.63, 3.8) is 0 Å². The van der Waals surface area contributed by atoms with Gasteiger partial charge >= 0.3 is 0 Å². The van der Waals surface area contributed by atoms with Crippen LogP contribution in [0.15, 0.2) is 60.4 Å². The third kappa shape index (κ3) is 3.01. The van der Waals surface area contributed by atoms with Crippen LogP contribution in [0.2, 0.25) is 0 Å². The fraction of sp³-hybridized carbons (Fsp3) is 0.200. The van der Waals surface area contributed by atoms with Crippen molar-refractivity contribution in [2.24, 2.45) is 0 Å². The van der Waals surface area contributed by atoms with Gasteiger partial charge in [-0.25, -0.2) is 4.98 Å². The van der Waals surface area contributed by atoms with Crippen molar-refractivity contribution in [1.82, 2.24) is 14.9 Å². The van der Waals surface area contributed by atoms with Gasteiger partial charge in [0.1, 0.15) is 11.6 Å². The minimum Gasteiger partial charge on any atom is -0.512 e. The average Bonchev–Trinajstić information content (AvgIpc) is 3.02. The van der Waals surface area contributed by atoms with E-state index in [0.29, 0.717) is 30.9 Å². The first-order chi connectivity index (χ1) is 12.2. The van der Waals surface area contributed by atoms with Crippen molar-refractivity contribution in [3.05, 3.63) is 71.7 Å². The Morgan fingerprint density at radius 1 is 1.12 bits per heavy atom. The van der Waals surface area contributed by atoms with Crippen LogP contribution < -0.4 is 5.32 Å². The molecular formula is C20H19N3O2. The summed E-state index contributed by atoms with van der Waals surface area (Å²) in [5.74, 6) is 0.836. The molecule has 2 aromatic carbocycles. The van der Waals surface area contributed by atoms with Gasteiger partial charge in [-0.05, 0) is 17.7 Å². The molecule has 5 nitrogen and oxygen atoms in total. The van der Waals surface area contributed by atoms with Crippen molar-refractivity contribution >= 4 is 22.5 Å². The molecule has 1 aromatic heterocycles. The summed E-state index contributed by atoms with van der Waals surface area (Å²) >= 11 is 0. The van der Waals surface area contributed by atoms with Gasteiger partial charge in [-0.2, -0.15) is 0 Å². The maximum absolute atomic E-state index is 12.4. The number of benzene rings is 2. The zero-order valence-corrected chi connectivity index (χ0v) is 13.8. The number of carbonyl (C=O) groups excluding carboxylic acids is 1. The molecule has 5 heteroatoms. The molecular weight excluding hydrogens is 314 g/mol. The third-order valence-electron chi connectivity index (χ3n) is 4.51. The maximum atomic E-state index is 12.4. The first-order valence-corrected chi connectivity index (χ1v) is 8.39. The third-order valence-corrected chi connectivity index (χ3v) is 4.51. The van der Waals surface area contributed by atoms with Crippen LogP contribution in [0.5, 0.6) is 0 Å². The molecule has 4 rings (SSSR count). The van der Waals surface area contributed by atoms with E-state index in [1.165, 1.54) is 0 Å². The molecule has 126 valence electrons. The number of aliphatic hydroxyl groups is 1. The Bertz CT molecular complexity index is 957. The molecule has 3 aromatic rings. The van der Waals surface area contributed by atoms with Gasteiger partial charge in [-0.1, -0.05) is 42.5 Å². The minimum absolute atomic E-state index is 0.120. The number of rotatable bonds is 4. The number of fused-ring (bicyclic) bond motifs is 3. The maximum Gasteiger partial charge on any atom is 0.224 e. The number of carbonyl (C=O) groups is 1. The lowest BCUT2D eigenvalue weighted by molar-refractivity contribution is -0.120. The van der Waals surface area contributed by atoms with Crippen LogP contribution in [0.4, 0.5) is 0 Å². The number of amides is 1. The van der Waals surface area contributed by atoms with E-state index in [-0.39, 0.29) is 18.1 Å². The standard InChI is InChI=1S/C20H19N3O2/c24-18-10-11-23-17-9-5-4-8-16(17)22-20(23)15(18)12-19(25)21-13-14-6-2-1-3-7-14/h1-9,24H,10-13H2,(H,21,25). The van der Waals surface area contributed by atoms with E-state index in [4.69, 9.17) is 0 Å². The fourth-order valence-corrected chi connectivity index (χ4v) is 3.23. The normalized spacial score (nSPS) is 13.8. The predicted octanol–water partition coefficient (Wildman–Crippen LogP) is 3.42. The van der Waals surface area contributed by atoms with E-state index >= 15 is 0 Å². The molecule has 0 fully saturated rings. The molecule has 0 atom stereocenters. The Labute approximate surface area is 145 Å². The number of aromatic nitrogens is 2. The number of hydrogen-bond acceptors (Lipinski definition) is 3. The summed E-state index contributed by atoms with van der Waals surface area (Å²) in [6, 6.07) is 17.7. The monoisotopic (exact) mass is 333 g/mol. The van der Waals surface area contributed by atoms with Crippen LogP contribution in [0, 0.1) is 0 Å². The zero-order valence-electron chi connectivity index (χ0n) is 13.8. The van der Waals surface area contributed by atoms with Crippen molar-refractivity contribution in [3.8, 4) is 0 Å². The highest BCUT2D eigenvalue weighted by Crippen LogP contribution is 2.31. The Morgan fingerprint density at radius 2 is 1.88 bits per heavy atom. The number of aryl methyl sites for hydroxylation is 1. The van der Waals surface area contributed by atoms with Gasteiger partial charge in [-0.15, -0.1) is 0 Å². The van der Waals surface area contributed by atoms with E-state index in [1.54, 1.807) is 0 Å². The molecule has 0 saturated carbocycles. The summed E-state index contributed by atoms with van der Waals surface area (Å²) in [7, 11) is 0. The number of para-hydroxylation sites is 2. The van der Waals surface area contributed by atoms with E-state index in [9.17, 15) is 9.90 Å². The molecule has 0 unspecified atom stereocenters. The summed E-state index contributed by atoms with van der Waals surface area (Å²) in [5, 5.41) is 13.2. The predicted molar refractivity (Wildman–Crippen MR) is 96.8 cm³/mol. The van der Waals surface area contributed by atoms with Crippen LogP contribution in [0.25, 0.3) is 16.6 Å². The number of imidazole rings is 1. The van der Waals surface area contributed by atoms with Crippen LogP contribution in [-0.2, 0) is 17.9 Å². The Morgan fingerprint density at radius 3 is 2.72 bits per heavy atom. The number of aliphatic hydroxyl groups excluding tert-OH is 1. The van der Waals surface area contributed by atoms with Gasteiger partial charge < -0.3 is 15.0 Å². The lowest BCUT2D eigenvalue weighted by Crippen LogP contribution is -2.24. The van der Waals surface area contributed by atoms with Crippen LogP contribution in [0.1, 0.15) is 24.2 Å². The summed E-state index contributed by atoms with van der Waals surface area (Å²) in [4.78, 5) is 17.0. The Hall–Kier alpha value is -3.08. The van der Waals surface area contributed by atoms with Crippen LogP contribution in [-0.4, -0.2) is 20.6 Å². The molecule has 1 aliphatic heterocycles. The number of nitrogens with zero attached hydrogens (tertiary/aromatic N) is 2. The topological polar surface area (TPSA) is 67.1 Å². The van der Waals surface area contributed by atoms with Crippen molar-refractivity contribution < 1.29 is 9.90 Å². The highest BCUT2D eigenvalue weighted by Gasteiger charge is 2.24. The molecule has 0 saturated heterocycles. The number of hydrogen-bond donors (Lipinski definition) is 2. The minimum atomic E-state index is -0.120. The number of allylic oxidation sites excluding steroid dienone is 1. The Kier molecular flexibility index (Phi) is 3.98. The lowest BCUT2D eigenvalue weighted by Gasteiger charge is -2.19. The van der Waals surface area contributed by atoms with Crippen molar-refractivity contribution in [2.75, 3.05) is 0 Å². The smallest absolute Gasteiger partial charge is 0.224 e. The van der Waals surface area contributed by atoms with E-state index in [1.807, 2.05) is 54.6 Å².